The Morgan fingerprint density at radius 2 is 1.83 bits per heavy atom. The Morgan fingerprint density at radius 1 is 1.07 bits per heavy atom. The highest BCUT2D eigenvalue weighted by molar-refractivity contribution is 6.01. The summed E-state index contributed by atoms with van der Waals surface area (Å²) in [4.78, 5) is 22.1. The van der Waals surface area contributed by atoms with Crippen LogP contribution in [0.2, 0.25) is 0 Å². The van der Waals surface area contributed by atoms with Gasteiger partial charge in [0.05, 0.1) is 6.61 Å². The summed E-state index contributed by atoms with van der Waals surface area (Å²) < 4.78 is 12.2. The van der Waals surface area contributed by atoms with Crippen molar-refractivity contribution in [1.82, 2.24) is 10.9 Å². The Kier molecular flexibility index (Phi) is 10.7. The number of nitrogens with zero attached hydrogens (tertiary/aromatic N) is 4. The Bertz CT molecular complexity index is 1360. The largest absolute Gasteiger partial charge is 0.494 e. The summed E-state index contributed by atoms with van der Waals surface area (Å²) in [5, 5.41) is 12.9. The minimum absolute atomic E-state index is 0.0595. The van der Waals surface area contributed by atoms with Gasteiger partial charge in [0, 0.05) is 42.2 Å². The van der Waals surface area contributed by atoms with Crippen LogP contribution in [0, 0.1) is 0 Å². The fraction of sp³-hybridized carbons (Fsp3) is 0.355. The van der Waals surface area contributed by atoms with E-state index >= 15 is 0 Å². The van der Waals surface area contributed by atoms with Crippen molar-refractivity contribution in [3.63, 3.8) is 0 Å². The van der Waals surface area contributed by atoms with E-state index in [0.717, 1.165) is 24.8 Å². The Morgan fingerprint density at radius 3 is 2.56 bits per heavy atom. The molecule has 214 valence electrons. The maximum absolute atomic E-state index is 14.1. The monoisotopic (exact) mass is 556 g/mol. The maximum Gasteiger partial charge on any atom is 0.266 e. The van der Waals surface area contributed by atoms with Gasteiger partial charge in [-0.05, 0) is 47.3 Å². The second-order valence-corrected chi connectivity index (χ2v) is 9.78. The summed E-state index contributed by atoms with van der Waals surface area (Å²) >= 11 is 0. The molecule has 1 heterocycles. The van der Waals surface area contributed by atoms with Crippen LogP contribution in [0.4, 0.5) is 5.69 Å². The average molecular weight is 557 g/mol. The lowest BCUT2D eigenvalue weighted by atomic mass is 9.81. The van der Waals surface area contributed by atoms with Crippen LogP contribution in [0.15, 0.2) is 89.0 Å². The molecule has 0 saturated carbocycles. The summed E-state index contributed by atoms with van der Waals surface area (Å²) in [7, 11) is 0. The van der Waals surface area contributed by atoms with E-state index in [1.54, 1.807) is 12.1 Å². The van der Waals surface area contributed by atoms with E-state index in [2.05, 4.69) is 27.8 Å². The fourth-order valence-corrected chi connectivity index (χ4v) is 4.72. The van der Waals surface area contributed by atoms with Gasteiger partial charge in [0.25, 0.3) is 5.91 Å². The Balaban J connectivity index is 1.75. The van der Waals surface area contributed by atoms with Crippen LogP contribution < -0.4 is 15.6 Å². The summed E-state index contributed by atoms with van der Waals surface area (Å²) in [6.07, 6.45) is 2.96. The molecule has 0 fully saturated rings. The smallest absolute Gasteiger partial charge is 0.266 e. The number of unbranched alkanes of at least 4 members (excludes halogenated alkanes) is 2. The molecule has 3 aromatic carbocycles. The molecular weight excluding hydrogens is 520 g/mol. The van der Waals surface area contributed by atoms with E-state index in [4.69, 9.17) is 19.6 Å². The maximum atomic E-state index is 14.1. The highest BCUT2D eigenvalue weighted by Gasteiger charge is 2.53. The molecule has 2 atom stereocenters. The van der Waals surface area contributed by atoms with Crippen LogP contribution in [0.5, 0.6) is 5.75 Å². The van der Waals surface area contributed by atoms with Gasteiger partial charge in [-0.3, -0.25) is 10.2 Å². The molecule has 0 unspecified atom stereocenters. The molecule has 1 amide bonds. The number of benzene rings is 3. The van der Waals surface area contributed by atoms with Gasteiger partial charge in [0.15, 0.2) is 11.6 Å². The molecule has 4 rings (SSSR count). The van der Waals surface area contributed by atoms with Crippen LogP contribution in [-0.2, 0) is 16.0 Å². The molecule has 3 N–H and O–H groups in total. The lowest BCUT2D eigenvalue weighted by molar-refractivity contribution is -0.130. The van der Waals surface area contributed by atoms with Crippen molar-refractivity contribution in [3.05, 3.63) is 106 Å². The standard InChI is InChI=1S/C31H36N6O4/c1-2-3-9-19-33-36-30(39)31(22-25-13-7-8-14-27(25)35-37-32)28(23-11-5-4-6-12-23)41-29(34-31)24-15-17-26(18-16-24)40-21-10-20-38/h4-8,11-18,28,33,38H,2-3,9-10,19-22H2,1H3,(H,36,39)/t28-,31-/m0/s1. The predicted molar refractivity (Wildman–Crippen MR) is 158 cm³/mol. The molecule has 0 bridgehead atoms. The van der Waals surface area contributed by atoms with Crippen molar-refractivity contribution in [3.8, 4) is 5.75 Å². The van der Waals surface area contributed by atoms with Crippen LogP contribution in [-0.4, -0.2) is 42.2 Å². The van der Waals surface area contributed by atoms with Gasteiger partial charge in [-0.2, -0.15) is 0 Å². The number of nitrogens with one attached hydrogen (secondary N) is 2. The van der Waals surface area contributed by atoms with Crippen LogP contribution in [0.3, 0.4) is 0 Å². The molecule has 0 aliphatic carbocycles. The van der Waals surface area contributed by atoms with E-state index in [9.17, 15) is 10.3 Å². The van der Waals surface area contributed by atoms with Crippen molar-refractivity contribution >= 4 is 17.5 Å². The molecule has 0 spiro atoms. The quantitative estimate of drug-likeness (QED) is 0.0724. The molecule has 10 nitrogen and oxygen atoms in total. The zero-order chi connectivity index (χ0) is 28.9. The number of amides is 1. The topological polar surface area (TPSA) is 141 Å². The second-order valence-electron chi connectivity index (χ2n) is 9.78. The van der Waals surface area contributed by atoms with Gasteiger partial charge in [-0.15, -0.1) is 0 Å². The number of azide groups is 1. The van der Waals surface area contributed by atoms with Gasteiger partial charge >= 0.3 is 0 Å². The van der Waals surface area contributed by atoms with Gasteiger partial charge in [-0.25, -0.2) is 10.4 Å². The van der Waals surface area contributed by atoms with Crippen LogP contribution in [0.1, 0.15) is 55.4 Å². The molecule has 1 aliphatic rings. The highest BCUT2D eigenvalue weighted by Crippen LogP contribution is 2.43. The van der Waals surface area contributed by atoms with Gasteiger partial charge in [0.1, 0.15) is 5.75 Å². The third kappa shape index (κ3) is 7.43. The van der Waals surface area contributed by atoms with Gasteiger partial charge in [0.2, 0.25) is 5.90 Å². The van der Waals surface area contributed by atoms with E-state index < -0.39 is 11.6 Å². The minimum Gasteiger partial charge on any atom is -0.494 e. The molecule has 41 heavy (non-hydrogen) atoms. The third-order valence-corrected chi connectivity index (χ3v) is 6.84. The molecule has 0 aromatic heterocycles. The van der Waals surface area contributed by atoms with Gasteiger partial charge in [-0.1, -0.05) is 79.5 Å². The van der Waals surface area contributed by atoms with Crippen molar-refractivity contribution in [1.29, 1.82) is 0 Å². The number of aliphatic hydroxyl groups excluding tert-OH is 1. The van der Waals surface area contributed by atoms with E-state index in [0.29, 0.717) is 48.0 Å². The number of carbonyl (C=O) groups is 1. The number of aliphatic imine (C=N–C) groups is 1. The number of carbonyl (C=O) groups excluding carboxylic acids is 1. The number of hydrogen-bond acceptors (Lipinski definition) is 7. The molecular formula is C31H36N6O4. The summed E-state index contributed by atoms with van der Waals surface area (Å²) in [5.41, 5.74) is 16.3. The number of hydrazine groups is 1. The minimum atomic E-state index is -1.41. The molecule has 0 radical (unpaired) electrons. The summed E-state index contributed by atoms with van der Waals surface area (Å²) in [6, 6.07) is 24.0. The van der Waals surface area contributed by atoms with Crippen LogP contribution >= 0.6 is 0 Å². The van der Waals surface area contributed by atoms with Crippen molar-refractivity contribution < 1.29 is 19.4 Å². The molecule has 3 aromatic rings. The zero-order valence-corrected chi connectivity index (χ0v) is 23.2. The Labute approximate surface area is 240 Å². The first kappa shape index (κ1) is 29.6. The fourth-order valence-electron chi connectivity index (χ4n) is 4.72. The van der Waals surface area contributed by atoms with Crippen molar-refractivity contribution in [2.75, 3.05) is 19.8 Å². The number of rotatable bonds is 15. The number of ether oxygens (including phenoxy) is 2. The number of aliphatic hydroxyl groups is 1. The lowest BCUT2D eigenvalue weighted by Crippen LogP contribution is -2.54. The SMILES string of the molecule is CCCCCNNC(=O)[C@@]1(Cc2ccccc2N=[N+]=[N-])N=C(c2ccc(OCCCO)cc2)O[C@H]1c1ccccc1. The molecule has 0 saturated heterocycles. The lowest BCUT2D eigenvalue weighted by Gasteiger charge is -2.31. The highest BCUT2D eigenvalue weighted by atomic mass is 16.5. The normalized spacial score (nSPS) is 17.7. The zero-order valence-electron chi connectivity index (χ0n) is 23.2. The predicted octanol–water partition coefficient (Wildman–Crippen LogP) is 5.70. The first-order valence-corrected chi connectivity index (χ1v) is 13.9. The number of hydrogen-bond donors (Lipinski definition) is 3. The Hall–Kier alpha value is -4.37. The average Bonchev–Trinajstić information content (AvgIpc) is 3.39. The molecule has 10 heteroatoms. The van der Waals surface area contributed by atoms with Crippen molar-refractivity contribution in [2.45, 2.75) is 50.7 Å². The first-order chi connectivity index (χ1) is 20.1. The van der Waals surface area contributed by atoms with E-state index in [1.807, 2.05) is 66.7 Å². The third-order valence-electron chi connectivity index (χ3n) is 6.84. The van der Waals surface area contributed by atoms with E-state index in [1.165, 1.54) is 0 Å². The molecule has 1 aliphatic heterocycles. The van der Waals surface area contributed by atoms with Crippen LogP contribution in [0.25, 0.3) is 10.4 Å². The van der Waals surface area contributed by atoms with Gasteiger partial charge < -0.3 is 14.6 Å². The summed E-state index contributed by atoms with van der Waals surface area (Å²) in [6.45, 7) is 3.21. The summed E-state index contributed by atoms with van der Waals surface area (Å²) in [5.74, 6) is 0.629. The first-order valence-electron chi connectivity index (χ1n) is 13.9. The van der Waals surface area contributed by atoms with Crippen molar-refractivity contribution in [2.24, 2.45) is 10.1 Å². The van der Waals surface area contributed by atoms with E-state index in [-0.39, 0.29) is 18.9 Å². The second kappa shape index (κ2) is 14.9.